The van der Waals surface area contributed by atoms with Crippen molar-refractivity contribution in [3.8, 4) is 0 Å². The molecule has 1 aliphatic heterocycles. The Balaban J connectivity index is 1.66. The number of H-pyrrole nitrogens is 1. The van der Waals surface area contributed by atoms with E-state index in [4.69, 9.17) is 0 Å². The number of aromatic nitrogens is 2. The quantitative estimate of drug-likeness (QED) is 0.886. The molecule has 1 aliphatic rings. The van der Waals surface area contributed by atoms with Gasteiger partial charge in [-0.2, -0.15) is 0 Å². The molecular formula is C19H27N5O2. The third-order valence-electron chi connectivity index (χ3n) is 4.56. The lowest BCUT2D eigenvalue weighted by Crippen LogP contribution is -2.54. The molecule has 3 rings (SSSR count). The Kier molecular flexibility index (Phi) is 5.15. The molecule has 0 saturated carbocycles. The van der Waals surface area contributed by atoms with Gasteiger partial charge in [-0.25, -0.2) is 9.78 Å². The SMILES string of the molecule is CC(C)NC(=O)N1CCN(C(=O)c2ccc3nc(C(C)C)[nH]c3c2)CC1. The molecule has 0 spiro atoms. The summed E-state index contributed by atoms with van der Waals surface area (Å²) in [5.74, 6) is 1.23. The second-order valence-corrected chi connectivity index (χ2v) is 7.39. The first-order valence-electron chi connectivity index (χ1n) is 9.19. The van der Waals surface area contributed by atoms with Crippen molar-refractivity contribution in [3.63, 3.8) is 0 Å². The van der Waals surface area contributed by atoms with E-state index in [2.05, 4.69) is 29.1 Å². The maximum atomic E-state index is 12.8. The van der Waals surface area contributed by atoms with Crippen molar-refractivity contribution in [1.82, 2.24) is 25.1 Å². The van der Waals surface area contributed by atoms with Crippen LogP contribution < -0.4 is 5.32 Å². The number of hydrogen-bond acceptors (Lipinski definition) is 3. The highest BCUT2D eigenvalue weighted by Crippen LogP contribution is 2.19. The highest BCUT2D eigenvalue weighted by Gasteiger charge is 2.25. The van der Waals surface area contributed by atoms with E-state index >= 15 is 0 Å². The number of urea groups is 1. The maximum absolute atomic E-state index is 12.8. The number of hydrogen-bond donors (Lipinski definition) is 2. The van der Waals surface area contributed by atoms with Gasteiger partial charge in [0, 0.05) is 43.7 Å². The summed E-state index contributed by atoms with van der Waals surface area (Å²) < 4.78 is 0. The second kappa shape index (κ2) is 7.35. The lowest BCUT2D eigenvalue weighted by molar-refractivity contribution is 0.0664. The topological polar surface area (TPSA) is 81.3 Å². The summed E-state index contributed by atoms with van der Waals surface area (Å²) in [6.45, 7) is 10.2. The summed E-state index contributed by atoms with van der Waals surface area (Å²) in [6.07, 6.45) is 0. The lowest BCUT2D eigenvalue weighted by Gasteiger charge is -2.35. The molecule has 7 nitrogen and oxygen atoms in total. The van der Waals surface area contributed by atoms with Crippen molar-refractivity contribution < 1.29 is 9.59 Å². The van der Waals surface area contributed by atoms with E-state index in [1.165, 1.54) is 0 Å². The summed E-state index contributed by atoms with van der Waals surface area (Å²) >= 11 is 0. The number of benzene rings is 1. The lowest BCUT2D eigenvalue weighted by atomic mass is 10.1. The number of amides is 3. The van der Waals surface area contributed by atoms with Crippen LogP contribution in [0.1, 0.15) is 49.8 Å². The normalized spacial score (nSPS) is 15.2. The minimum absolute atomic E-state index is 0.00323. The fraction of sp³-hybridized carbons (Fsp3) is 0.526. The Bertz CT molecular complexity index is 803. The first-order chi connectivity index (χ1) is 12.3. The van der Waals surface area contributed by atoms with Crippen LogP contribution in [0.3, 0.4) is 0 Å². The van der Waals surface area contributed by atoms with Crippen molar-refractivity contribution in [2.45, 2.75) is 39.7 Å². The van der Waals surface area contributed by atoms with E-state index in [9.17, 15) is 9.59 Å². The number of nitrogens with one attached hydrogen (secondary N) is 2. The number of rotatable bonds is 3. The van der Waals surface area contributed by atoms with Gasteiger partial charge in [-0.05, 0) is 32.0 Å². The van der Waals surface area contributed by atoms with Crippen LogP contribution in [-0.4, -0.2) is 63.9 Å². The van der Waals surface area contributed by atoms with E-state index < -0.39 is 0 Å². The predicted molar refractivity (Wildman–Crippen MR) is 101 cm³/mol. The van der Waals surface area contributed by atoms with Crippen molar-refractivity contribution in [3.05, 3.63) is 29.6 Å². The van der Waals surface area contributed by atoms with Crippen LogP contribution in [-0.2, 0) is 0 Å². The zero-order valence-electron chi connectivity index (χ0n) is 15.9. The standard InChI is InChI=1S/C19H27N5O2/c1-12(2)17-21-15-6-5-14(11-16(15)22-17)18(25)23-7-9-24(10-8-23)19(26)20-13(3)4/h5-6,11-13H,7-10H2,1-4H3,(H,20,26)(H,21,22). The van der Waals surface area contributed by atoms with Crippen molar-refractivity contribution in [2.24, 2.45) is 0 Å². The molecule has 2 N–H and O–H groups in total. The summed E-state index contributed by atoms with van der Waals surface area (Å²) in [7, 11) is 0. The summed E-state index contributed by atoms with van der Waals surface area (Å²) in [5, 5.41) is 2.89. The monoisotopic (exact) mass is 357 g/mol. The molecule has 3 amide bonds. The van der Waals surface area contributed by atoms with Crippen LogP contribution in [0, 0.1) is 0 Å². The number of fused-ring (bicyclic) bond motifs is 1. The van der Waals surface area contributed by atoms with Crippen molar-refractivity contribution in [1.29, 1.82) is 0 Å². The second-order valence-electron chi connectivity index (χ2n) is 7.39. The van der Waals surface area contributed by atoms with Crippen LogP contribution in [0.4, 0.5) is 4.79 Å². The molecular weight excluding hydrogens is 330 g/mol. The van der Waals surface area contributed by atoms with Gasteiger partial charge in [-0.15, -0.1) is 0 Å². The number of aromatic amines is 1. The highest BCUT2D eigenvalue weighted by atomic mass is 16.2. The van der Waals surface area contributed by atoms with Gasteiger partial charge in [0.2, 0.25) is 0 Å². The van der Waals surface area contributed by atoms with Gasteiger partial charge in [0.25, 0.3) is 5.91 Å². The van der Waals surface area contributed by atoms with E-state index in [1.807, 2.05) is 32.0 Å². The molecule has 1 aromatic heterocycles. The first-order valence-corrected chi connectivity index (χ1v) is 9.19. The largest absolute Gasteiger partial charge is 0.342 e. The number of carbonyl (C=O) groups excluding carboxylic acids is 2. The smallest absolute Gasteiger partial charge is 0.317 e. The van der Waals surface area contributed by atoms with E-state index in [0.717, 1.165) is 16.9 Å². The number of piperazine rings is 1. The van der Waals surface area contributed by atoms with Gasteiger partial charge in [-0.1, -0.05) is 13.8 Å². The molecule has 1 fully saturated rings. The Hall–Kier alpha value is -2.57. The third-order valence-corrected chi connectivity index (χ3v) is 4.56. The molecule has 0 aliphatic carbocycles. The molecule has 2 aromatic rings. The third kappa shape index (κ3) is 3.81. The minimum atomic E-state index is -0.0628. The average Bonchev–Trinajstić information content (AvgIpc) is 3.04. The van der Waals surface area contributed by atoms with Crippen LogP contribution >= 0.6 is 0 Å². The van der Waals surface area contributed by atoms with Crippen molar-refractivity contribution in [2.75, 3.05) is 26.2 Å². The summed E-state index contributed by atoms with van der Waals surface area (Å²) in [5.41, 5.74) is 2.41. The van der Waals surface area contributed by atoms with Crippen LogP contribution in [0.2, 0.25) is 0 Å². The molecule has 0 unspecified atom stereocenters. The van der Waals surface area contributed by atoms with Crippen molar-refractivity contribution >= 4 is 23.0 Å². The Labute approximate surface area is 153 Å². The zero-order chi connectivity index (χ0) is 18.8. The van der Waals surface area contributed by atoms with Crippen LogP contribution in [0.15, 0.2) is 18.2 Å². The molecule has 1 saturated heterocycles. The fourth-order valence-corrected chi connectivity index (χ4v) is 3.07. The Morgan fingerprint density at radius 1 is 1.08 bits per heavy atom. The van der Waals surface area contributed by atoms with Crippen LogP contribution in [0.5, 0.6) is 0 Å². The van der Waals surface area contributed by atoms with Gasteiger partial charge in [0.05, 0.1) is 11.0 Å². The Morgan fingerprint density at radius 2 is 1.73 bits per heavy atom. The molecule has 0 atom stereocenters. The zero-order valence-corrected chi connectivity index (χ0v) is 15.9. The molecule has 1 aromatic carbocycles. The average molecular weight is 357 g/mol. The Morgan fingerprint density at radius 3 is 2.35 bits per heavy atom. The first kappa shape index (κ1) is 18.2. The number of carbonyl (C=O) groups is 2. The van der Waals surface area contributed by atoms with E-state index in [1.54, 1.807) is 9.80 Å². The van der Waals surface area contributed by atoms with Gasteiger partial charge in [0.1, 0.15) is 5.82 Å². The van der Waals surface area contributed by atoms with Gasteiger partial charge < -0.3 is 20.1 Å². The maximum Gasteiger partial charge on any atom is 0.317 e. The van der Waals surface area contributed by atoms with E-state index in [0.29, 0.717) is 37.7 Å². The molecule has 140 valence electrons. The van der Waals surface area contributed by atoms with Gasteiger partial charge in [-0.3, -0.25) is 4.79 Å². The molecule has 26 heavy (non-hydrogen) atoms. The number of nitrogens with zero attached hydrogens (tertiary/aromatic N) is 3. The number of imidazole rings is 1. The van der Waals surface area contributed by atoms with Gasteiger partial charge in [0.15, 0.2) is 0 Å². The minimum Gasteiger partial charge on any atom is -0.342 e. The fourth-order valence-electron chi connectivity index (χ4n) is 3.07. The molecule has 7 heteroatoms. The van der Waals surface area contributed by atoms with Gasteiger partial charge >= 0.3 is 6.03 Å². The molecule has 2 heterocycles. The summed E-state index contributed by atoms with van der Waals surface area (Å²) in [6, 6.07) is 5.63. The molecule has 0 radical (unpaired) electrons. The van der Waals surface area contributed by atoms with Crippen LogP contribution in [0.25, 0.3) is 11.0 Å². The highest BCUT2D eigenvalue weighted by molar-refractivity contribution is 5.97. The molecule has 0 bridgehead atoms. The van der Waals surface area contributed by atoms with E-state index in [-0.39, 0.29) is 18.0 Å². The summed E-state index contributed by atoms with van der Waals surface area (Å²) in [4.78, 5) is 36.3. The predicted octanol–water partition coefficient (Wildman–Crippen LogP) is 2.56.